The van der Waals surface area contributed by atoms with Crippen molar-refractivity contribution in [3.8, 4) is 28.3 Å². The molecule has 0 saturated carbocycles. The Hall–Kier alpha value is -2.88. The smallest absolute Gasteiger partial charge is 0.225 e. The number of rotatable bonds is 3. The summed E-state index contributed by atoms with van der Waals surface area (Å²) in [5.74, 6) is 0.901. The van der Waals surface area contributed by atoms with Crippen molar-refractivity contribution in [2.45, 2.75) is 0 Å². The Morgan fingerprint density at radius 3 is 1.86 bits per heavy atom. The van der Waals surface area contributed by atoms with Crippen LogP contribution in [0.1, 0.15) is 0 Å². The Balaban J connectivity index is 2.14. The molecule has 0 amide bonds. The summed E-state index contributed by atoms with van der Waals surface area (Å²) >= 11 is 0. The van der Waals surface area contributed by atoms with Crippen LogP contribution in [-0.2, 0) is 0 Å². The summed E-state index contributed by atoms with van der Waals surface area (Å²) < 4.78 is 0. The van der Waals surface area contributed by atoms with Gasteiger partial charge in [0.25, 0.3) is 0 Å². The molecule has 0 radical (unpaired) electrons. The molecular weight excluding hydrogens is 274 g/mol. The average molecular weight is 291 g/mol. The lowest BCUT2D eigenvalue weighted by Gasteiger charge is -2.14. The molecule has 0 atom stereocenters. The standard InChI is InChI=1S/C18H17N3O/c1-21(2)18-19-16(13-6-4-3-5-7-13)12-17(20-18)14-8-10-15(22)11-9-14/h3-12,22H,1-2H3. The highest BCUT2D eigenvalue weighted by Gasteiger charge is 2.09. The first kappa shape index (κ1) is 14.1. The average Bonchev–Trinajstić information content (AvgIpc) is 2.56. The molecule has 110 valence electrons. The number of hydrogen-bond donors (Lipinski definition) is 1. The molecule has 1 aromatic heterocycles. The zero-order valence-electron chi connectivity index (χ0n) is 12.6. The molecule has 0 aliphatic rings. The van der Waals surface area contributed by atoms with Crippen molar-refractivity contribution >= 4 is 5.95 Å². The van der Waals surface area contributed by atoms with Gasteiger partial charge in [0.05, 0.1) is 11.4 Å². The van der Waals surface area contributed by atoms with Crippen molar-refractivity contribution in [2.75, 3.05) is 19.0 Å². The lowest BCUT2D eigenvalue weighted by Crippen LogP contribution is -2.13. The van der Waals surface area contributed by atoms with E-state index in [1.807, 2.05) is 67.5 Å². The summed E-state index contributed by atoms with van der Waals surface area (Å²) in [6.45, 7) is 0. The van der Waals surface area contributed by atoms with Gasteiger partial charge < -0.3 is 10.0 Å². The van der Waals surface area contributed by atoms with Crippen LogP contribution in [0.25, 0.3) is 22.5 Å². The monoisotopic (exact) mass is 291 g/mol. The third-order valence-corrected chi connectivity index (χ3v) is 3.35. The van der Waals surface area contributed by atoms with Crippen LogP contribution in [0.4, 0.5) is 5.95 Å². The third-order valence-electron chi connectivity index (χ3n) is 3.35. The largest absolute Gasteiger partial charge is 0.508 e. The van der Waals surface area contributed by atoms with Crippen molar-refractivity contribution < 1.29 is 5.11 Å². The predicted octanol–water partition coefficient (Wildman–Crippen LogP) is 3.58. The fourth-order valence-corrected chi connectivity index (χ4v) is 2.17. The minimum Gasteiger partial charge on any atom is -0.508 e. The molecule has 0 aliphatic carbocycles. The Kier molecular flexibility index (Phi) is 3.74. The molecule has 2 aromatic carbocycles. The number of phenolic OH excluding ortho intramolecular Hbond substituents is 1. The minimum atomic E-state index is 0.244. The number of benzene rings is 2. The Morgan fingerprint density at radius 1 is 0.773 bits per heavy atom. The first-order chi connectivity index (χ1) is 10.6. The van der Waals surface area contributed by atoms with Crippen LogP contribution in [0.3, 0.4) is 0 Å². The molecule has 1 N–H and O–H groups in total. The maximum absolute atomic E-state index is 9.44. The highest BCUT2D eigenvalue weighted by atomic mass is 16.3. The van der Waals surface area contributed by atoms with E-state index in [4.69, 9.17) is 0 Å². The van der Waals surface area contributed by atoms with E-state index < -0.39 is 0 Å². The van der Waals surface area contributed by atoms with Gasteiger partial charge in [0.2, 0.25) is 5.95 Å². The second-order valence-electron chi connectivity index (χ2n) is 5.25. The van der Waals surface area contributed by atoms with Crippen LogP contribution in [0, 0.1) is 0 Å². The van der Waals surface area contributed by atoms with E-state index in [0.29, 0.717) is 5.95 Å². The van der Waals surface area contributed by atoms with Gasteiger partial charge in [-0.2, -0.15) is 0 Å². The number of aromatic hydroxyl groups is 1. The molecule has 0 bridgehead atoms. The second-order valence-corrected chi connectivity index (χ2v) is 5.25. The molecule has 3 aromatic rings. The SMILES string of the molecule is CN(C)c1nc(-c2ccccc2)cc(-c2ccc(O)cc2)n1. The number of nitrogens with zero attached hydrogens (tertiary/aromatic N) is 3. The van der Waals surface area contributed by atoms with Gasteiger partial charge in [-0.25, -0.2) is 9.97 Å². The fourth-order valence-electron chi connectivity index (χ4n) is 2.17. The van der Waals surface area contributed by atoms with Crippen molar-refractivity contribution in [1.29, 1.82) is 0 Å². The van der Waals surface area contributed by atoms with Gasteiger partial charge in [0.1, 0.15) is 5.75 Å². The van der Waals surface area contributed by atoms with Gasteiger partial charge in [0.15, 0.2) is 0 Å². The van der Waals surface area contributed by atoms with Crippen LogP contribution in [0.5, 0.6) is 5.75 Å². The highest BCUT2D eigenvalue weighted by Crippen LogP contribution is 2.26. The van der Waals surface area contributed by atoms with Crippen molar-refractivity contribution in [3.63, 3.8) is 0 Å². The Morgan fingerprint density at radius 2 is 1.32 bits per heavy atom. The number of aromatic nitrogens is 2. The van der Waals surface area contributed by atoms with Crippen molar-refractivity contribution in [3.05, 3.63) is 60.7 Å². The molecule has 4 heteroatoms. The molecule has 0 fully saturated rings. The van der Waals surface area contributed by atoms with Crippen LogP contribution in [-0.4, -0.2) is 29.2 Å². The summed E-state index contributed by atoms with van der Waals surface area (Å²) in [5.41, 5.74) is 3.70. The Bertz CT molecular complexity index is 768. The maximum atomic E-state index is 9.44. The first-order valence-electron chi connectivity index (χ1n) is 7.05. The quantitative estimate of drug-likeness (QED) is 0.801. The Labute approximate surface area is 129 Å². The summed E-state index contributed by atoms with van der Waals surface area (Å²) in [5, 5.41) is 9.44. The van der Waals surface area contributed by atoms with Gasteiger partial charge in [0, 0.05) is 25.2 Å². The van der Waals surface area contributed by atoms with E-state index in [1.54, 1.807) is 12.1 Å². The zero-order valence-corrected chi connectivity index (χ0v) is 12.6. The van der Waals surface area contributed by atoms with Crippen LogP contribution < -0.4 is 4.90 Å². The van der Waals surface area contributed by atoms with Crippen molar-refractivity contribution in [2.24, 2.45) is 0 Å². The lowest BCUT2D eigenvalue weighted by atomic mass is 10.1. The van der Waals surface area contributed by atoms with Gasteiger partial charge >= 0.3 is 0 Å². The minimum absolute atomic E-state index is 0.244. The second kappa shape index (κ2) is 5.85. The number of phenols is 1. The molecule has 22 heavy (non-hydrogen) atoms. The van der Waals surface area contributed by atoms with Crippen LogP contribution in [0.2, 0.25) is 0 Å². The number of hydrogen-bond acceptors (Lipinski definition) is 4. The summed E-state index contributed by atoms with van der Waals surface area (Å²) in [7, 11) is 3.84. The zero-order chi connectivity index (χ0) is 15.5. The van der Waals surface area contributed by atoms with Gasteiger partial charge in [-0.05, 0) is 30.3 Å². The fraction of sp³-hybridized carbons (Fsp3) is 0.111. The molecule has 0 unspecified atom stereocenters. The molecule has 0 saturated heterocycles. The molecular formula is C18H17N3O. The summed E-state index contributed by atoms with van der Waals surface area (Å²) in [6, 6.07) is 19.0. The molecule has 0 aliphatic heterocycles. The van der Waals surface area contributed by atoms with E-state index in [0.717, 1.165) is 22.5 Å². The van der Waals surface area contributed by atoms with Gasteiger partial charge in [-0.1, -0.05) is 30.3 Å². The first-order valence-corrected chi connectivity index (χ1v) is 7.05. The normalized spacial score (nSPS) is 10.5. The highest BCUT2D eigenvalue weighted by molar-refractivity contribution is 5.69. The third kappa shape index (κ3) is 2.91. The number of anilines is 1. The van der Waals surface area contributed by atoms with Gasteiger partial charge in [-0.3, -0.25) is 0 Å². The van der Waals surface area contributed by atoms with Crippen molar-refractivity contribution in [1.82, 2.24) is 9.97 Å². The van der Waals surface area contributed by atoms with E-state index in [-0.39, 0.29) is 5.75 Å². The molecule has 4 nitrogen and oxygen atoms in total. The summed E-state index contributed by atoms with van der Waals surface area (Å²) in [4.78, 5) is 11.1. The molecule has 0 spiro atoms. The topological polar surface area (TPSA) is 49.2 Å². The van der Waals surface area contributed by atoms with E-state index in [2.05, 4.69) is 9.97 Å². The van der Waals surface area contributed by atoms with Crippen LogP contribution in [0.15, 0.2) is 60.7 Å². The van der Waals surface area contributed by atoms with E-state index >= 15 is 0 Å². The summed E-state index contributed by atoms with van der Waals surface area (Å²) in [6.07, 6.45) is 0. The van der Waals surface area contributed by atoms with Gasteiger partial charge in [-0.15, -0.1) is 0 Å². The molecule has 1 heterocycles. The molecule has 3 rings (SSSR count). The predicted molar refractivity (Wildman–Crippen MR) is 88.9 cm³/mol. The van der Waals surface area contributed by atoms with E-state index in [1.165, 1.54) is 0 Å². The van der Waals surface area contributed by atoms with E-state index in [9.17, 15) is 5.11 Å². The maximum Gasteiger partial charge on any atom is 0.225 e. The van der Waals surface area contributed by atoms with Crippen LogP contribution >= 0.6 is 0 Å². The lowest BCUT2D eigenvalue weighted by molar-refractivity contribution is 0.475.